The molecule has 3 heteroatoms. The molecule has 0 unspecified atom stereocenters. The van der Waals surface area contributed by atoms with Crippen LogP contribution < -0.4 is 0 Å². The van der Waals surface area contributed by atoms with Crippen molar-refractivity contribution in [1.82, 2.24) is 4.90 Å². The number of hydrogen-bond donors (Lipinski definition) is 2. The van der Waals surface area contributed by atoms with Crippen molar-refractivity contribution in [3.8, 4) is 0 Å². The highest BCUT2D eigenvalue weighted by atomic mass is 16.3. The minimum Gasteiger partial charge on any atom is -0.394 e. The Kier molecular flexibility index (Phi) is 1.75. The van der Waals surface area contributed by atoms with E-state index in [0.29, 0.717) is 0 Å². The first-order chi connectivity index (χ1) is 4.25. The maximum absolute atomic E-state index is 8.81. The first-order valence-corrected chi connectivity index (χ1v) is 3.18. The lowest BCUT2D eigenvalue weighted by Crippen LogP contribution is -2.62. The van der Waals surface area contributed by atoms with Crippen molar-refractivity contribution in [2.24, 2.45) is 0 Å². The van der Waals surface area contributed by atoms with E-state index in [9.17, 15) is 0 Å². The molecule has 1 aliphatic heterocycles. The highest BCUT2D eigenvalue weighted by Crippen LogP contribution is 2.26. The fraction of sp³-hybridized carbons (Fsp3) is 1.00. The monoisotopic (exact) mass is 131 g/mol. The molecule has 0 aromatic rings. The summed E-state index contributed by atoms with van der Waals surface area (Å²) in [4.78, 5) is 1.98. The van der Waals surface area contributed by atoms with E-state index in [2.05, 4.69) is 0 Å². The maximum atomic E-state index is 8.81. The van der Waals surface area contributed by atoms with Gasteiger partial charge in [-0.2, -0.15) is 0 Å². The molecule has 1 saturated heterocycles. The molecule has 1 rings (SSSR count). The van der Waals surface area contributed by atoms with E-state index < -0.39 is 0 Å². The van der Waals surface area contributed by atoms with Gasteiger partial charge in [0.25, 0.3) is 0 Å². The fourth-order valence-electron chi connectivity index (χ4n) is 1.10. The third-order valence-corrected chi connectivity index (χ3v) is 2.31. The Morgan fingerprint density at radius 3 is 2.00 bits per heavy atom. The first-order valence-electron chi connectivity index (χ1n) is 3.18. The zero-order valence-electron chi connectivity index (χ0n) is 5.67. The number of aliphatic hydroxyl groups is 2. The van der Waals surface area contributed by atoms with Gasteiger partial charge in [0.15, 0.2) is 0 Å². The summed E-state index contributed by atoms with van der Waals surface area (Å²) < 4.78 is 0. The predicted octanol–water partition coefficient (Wildman–Crippen LogP) is -0.955. The average Bonchev–Trinajstić information content (AvgIpc) is 1.89. The molecule has 0 aromatic heterocycles. The Balaban J connectivity index is 2.48. The molecule has 0 aliphatic carbocycles. The minimum absolute atomic E-state index is 0.0694. The Morgan fingerprint density at radius 2 is 2.00 bits per heavy atom. The van der Waals surface area contributed by atoms with Crippen LogP contribution in [0.2, 0.25) is 0 Å². The summed E-state index contributed by atoms with van der Waals surface area (Å²) in [6.07, 6.45) is 0.913. The number of likely N-dealkylation sites (N-methyl/N-ethyl adjacent to an activating group) is 1. The van der Waals surface area contributed by atoms with E-state index in [0.717, 1.165) is 13.0 Å². The van der Waals surface area contributed by atoms with Gasteiger partial charge in [0.05, 0.1) is 18.8 Å². The molecule has 0 radical (unpaired) electrons. The first kappa shape index (κ1) is 6.99. The summed E-state index contributed by atoms with van der Waals surface area (Å²) in [5.74, 6) is 0. The Morgan fingerprint density at radius 1 is 1.44 bits per heavy atom. The molecule has 0 bridgehead atoms. The third-order valence-electron chi connectivity index (χ3n) is 2.31. The van der Waals surface area contributed by atoms with Crippen molar-refractivity contribution in [3.63, 3.8) is 0 Å². The number of likely N-dealkylation sites (tertiary alicyclic amines) is 1. The summed E-state index contributed by atoms with van der Waals surface area (Å²) in [5, 5.41) is 17.6. The topological polar surface area (TPSA) is 43.7 Å². The van der Waals surface area contributed by atoms with Gasteiger partial charge >= 0.3 is 0 Å². The molecule has 1 fully saturated rings. The van der Waals surface area contributed by atoms with Crippen molar-refractivity contribution in [2.75, 3.05) is 26.8 Å². The molecule has 9 heavy (non-hydrogen) atoms. The van der Waals surface area contributed by atoms with E-state index in [4.69, 9.17) is 10.2 Å². The molecule has 3 nitrogen and oxygen atoms in total. The van der Waals surface area contributed by atoms with Crippen LogP contribution in [0, 0.1) is 0 Å². The highest BCUT2D eigenvalue weighted by Gasteiger charge is 2.40. The van der Waals surface area contributed by atoms with Crippen LogP contribution in [0.5, 0.6) is 0 Å². The second kappa shape index (κ2) is 2.25. The van der Waals surface area contributed by atoms with Gasteiger partial charge < -0.3 is 10.2 Å². The largest absolute Gasteiger partial charge is 0.394 e. The predicted molar refractivity (Wildman–Crippen MR) is 34.1 cm³/mol. The van der Waals surface area contributed by atoms with E-state index in [1.807, 2.05) is 11.9 Å². The lowest BCUT2D eigenvalue weighted by atomic mass is 9.87. The molecule has 2 N–H and O–H groups in total. The van der Waals surface area contributed by atoms with E-state index in [1.54, 1.807) is 0 Å². The van der Waals surface area contributed by atoms with Crippen molar-refractivity contribution in [3.05, 3.63) is 0 Å². The maximum Gasteiger partial charge on any atom is 0.0682 e. The van der Waals surface area contributed by atoms with E-state index in [1.165, 1.54) is 0 Å². The Labute approximate surface area is 54.9 Å². The van der Waals surface area contributed by atoms with Gasteiger partial charge in [0, 0.05) is 6.54 Å². The van der Waals surface area contributed by atoms with Gasteiger partial charge in [-0.15, -0.1) is 0 Å². The van der Waals surface area contributed by atoms with E-state index >= 15 is 0 Å². The second-order valence-electron chi connectivity index (χ2n) is 2.71. The molecule has 0 amide bonds. The van der Waals surface area contributed by atoms with Gasteiger partial charge in [-0.05, 0) is 13.5 Å². The summed E-state index contributed by atoms with van der Waals surface area (Å²) in [6.45, 7) is 1.13. The quantitative estimate of drug-likeness (QED) is 0.507. The summed E-state index contributed by atoms with van der Waals surface area (Å²) in [5.41, 5.74) is -0.292. The van der Waals surface area contributed by atoms with Crippen molar-refractivity contribution in [1.29, 1.82) is 0 Å². The highest BCUT2D eigenvalue weighted by molar-refractivity contribution is 4.96. The molecule has 1 heterocycles. The zero-order valence-corrected chi connectivity index (χ0v) is 5.67. The molecule has 1 aliphatic rings. The number of nitrogens with zero attached hydrogens (tertiary/aromatic N) is 1. The molecule has 0 aromatic carbocycles. The van der Waals surface area contributed by atoms with Crippen LogP contribution in [0.3, 0.4) is 0 Å². The van der Waals surface area contributed by atoms with Gasteiger partial charge in [0.2, 0.25) is 0 Å². The van der Waals surface area contributed by atoms with Gasteiger partial charge in [0.1, 0.15) is 0 Å². The summed E-state index contributed by atoms with van der Waals surface area (Å²) >= 11 is 0. The average molecular weight is 131 g/mol. The van der Waals surface area contributed by atoms with Crippen LogP contribution in [-0.2, 0) is 0 Å². The summed E-state index contributed by atoms with van der Waals surface area (Å²) in [7, 11) is 1.91. The second-order valence-corrected chi connectivity index (χ2v) is 2.71. The van der Waals surface area contributed by atoms with Crippen molar-refractivity contribution >= 4 is 0 Å². The van der Waals surface area contributed by atoms with Crippen LogP contribution in [0.15, 0.2) is 0 Å². The molecule has 0 atom stereocenters. The third kappa shape index (κ3) is 0.852. The number of hydrogen-bond acceptors (Lipinski definition) is 3. The Hall–Kier alpha value is -0.120. The lowest BCUT2D eigenvalue weighted by Gasteiger charge is -2.48. The minimum atomic E-state index is -0.292. The molecular weight excluding hydrogens is 118 g/mol. The Bertz CT molecular complexity index is 95.7. The SMILES string of the molecule is CN1CCC1(CO)CO. The zero-order chi connectivity index (χ0) is 6.91. The van der Waals surface area contributed by atoms with Crippen LogP contribution >= 0.6 is 0 Å². The molecular formula is C6H13NO2. The van der Waals surface area contributed by atoms with E-state index in [-0.39, 0.29) is 18.8 Å². The van der Waals surface area contributed by atoms with Crippen LogP contribution in [0.25, 0.3) is 0 Å². The standard InChI is InChI=1S/C6H13NO2/c1-7-3-2-6(7,4-8)5-9/h8-9H,2-5H2,1H3. The van der Waals surface area contributed by atoms with Gasteiger partial charge in [-0.25, -0.2) is 0 Å². The van der Waals surface area contributed by atoms with Crippen molar-refractivity contribution < 1.29 is 10.2 Å². The smallest absolute Gasteiger partial charge is 0.0682 e. The van der Waals surface area contributed by atoms with Gasteiger partial charge in [-0.3, -0.25) is 4.90 Å². The normalized spacial score (nSPS) is 25.7. The molecule has 54 valence electrons. The number of rotatable bonds is 2. The number of aliphatic hydroxyl groups excluding tert-OH is 2. The summed E-state index contributed by atoms with van der Waals surface area (Å²) in [6, 6.07) is 0. The molecule has 0 saturated carbocycles. The van der Waals surface area contributed by atoms with Crippen molar-refractivity contribution in [2.45, 2.75) is 12.0 Å². The van der Waals surface area contributed by atoms with Crippen LogP contribution in [-0.4, -0.2) is 47.5 Å². The lowest BCUT2D eigenvalue weighted by molar-refractivity contribution is -0.0685. The molecule has 0 spiro atoms. The van der Waals surface area contributed by atoms with Crippen LogP contribution in [0.1, 0.15) is 6.42 Å². The van der Waals surface area contributed by atoms with Gasteiger partial charge in [-0.1, -0.05) is 0 Å². The van der Waals surface area contributed by atoms with Crippen LogP contribution in [0.4, 0.5) is 0 Å². The fourth-order valence-corrected chi connectivity index (χ4v) is 1.10.